The van der Waals surface area contributed by atoms with E-state index in [4.69, 9.17) is 4.74 Å². The molecule has 4 N–H and O–H groups in total. The predicted molar refractivity (Wildman–Crippen MR) is 151 cm³/mol. The fourth-order valence-corrected chi connectivity index (χ4v) is 5.90. The molecule has 2 aliphatic rings. The number of anilines is 2. The molecule has 2 heterocycles. The second kappa shape index (κ2) is 12.9. The molecular formula is C28H41N5O4S. The van der Waals surface area contributed by atoms with Gasteiger partial charge < -0.3 is 20.7 Å². The zero-order chi connectivity index (χ0) is 27.1. The molecule has 1 amide bonds. The lowest BCUT2D eigenvalue weighted by Gasteiger charge is -2.33. The number of rotatable bonds is 13. The lowest BCUT2D eigenvalue weighted by Crippen LogP contribution is -2.47. The Balaban J connectivity index is 1.51. The van der Waals surface area contributed by atoms with Crippen molar-refractivity contribution in [2.75, 3.05) is 42.6 Å². The number of carbonyl (C=O) groups is 1. The molecule has 1 aliphatic carbocycles. The Bertz CT molecular complexity index is 1180. The van der Waals surface area contributed by atoms with E-state index >= 15 is 0 Å². The molecule has 2 fully saturated rings. The average Bonchev–Trinajstić information content (AvgIpc) is 3.66. The van der Waals surface area contributed by atoms with Gasteiger partial charge in [-0.05, 0) is 68.7 Å². The van der Waals surface area contributed by atoms with Gasteiger partial charge in [0, 0.05) is 43.8 Å². The highest BCUT2D eigenvalue weighted by molar-refractivity contribution is 7.92. The summed E-state index contributed by atoms with van der Waals surface area (Å²) in [6.07, 6.45) is 4.07. The van der Waals surface area contributed by atoms with Crippen LogP contribution in [0.2, 0.25) is 0 Å². The van der Waals surface area contributed by atoms with Crippen LogP contribution in [0.3, 0.4) is 0 Å². The number of nitrogens with zero attached hydrogens (tertiary/aromatic N) is 1. The highest BCUT2D eigenvalue weighted by atomic mass is 32.2. The summed E-state index contributed by atoms with van der Waals surface area (Å²) in [5.41, 5.74) is 1.62. The van der Waals surface area contributed by atoms with Gasteiger partial charge in [0.25, 0.3) is 5.91 Å². The summed E-state index contributed by atoms with van der Waals surface area (Å²) in [4.78, 5) is 17.8. The number of sulfonamides is 1. The summed E-state index contributed by atoms with van der Waals surface area (Å²) in [5, 5.41) is 10.1. The van der Waals surface area contributed by atoms with E-state index in [2.05, 4.69) is 44.7 Å². The van der Waals surface area contributed by atoms with Crippen molar-refractivity contribution in [3.63, 3.8) is 0 Å². The molecular weight excluding hydrogens is 502 g/mol. The molecule has 9 nitrogen and oxygen atoms in total. The minimum absolute atomic E-state index is 0.0852. The summed E-state index contributed by atoms with van der Waals surface area (Å²) >= 11 is 0. The largest absolute Gasteiger partial charge is 0.385 e. The lowest BCUT2D eigenvalue weighted by molar-refractivity contribution is 0.0946. The van der Waals surface area contributed by atoms with Crippen molar-refractivity contribution in [3.05, 3.63) is 53.6 Å². The Morgan fingerprint density at radius 2 is 1.95 bits per heavy atom. The minimum Gasteiger partial charge on any atom is -0.385 e. The summed E-state index contributed by atoms with van der Waals surface area (Å²) in [6.45, 7) is 5.77. The maximum absolute atomic E-state index is 13.3. The predicted octanol–water partition coefficient (Wildman–Crippen LogP) is 3.58. The van der Waals surface area contributed by atoms with Crippen LogP contribution in [0.5, 0.6) is 0 Å². The second-order valence-electron chi connectivity index (χ2n) is 10.5. The van der Waals surface area contributed by atoms with E-state index in [0.29, 0.717) is 42.3 Å². The van der Waals surface area contributed by atoms with E-state index < -0.39 is 10.0 Å². The van der Waals surface area contributed by atoms with Gasteiger partial charge in [0.2, 0.25) is 10.0 Å². The molecule has 1 aromatic heterocycles. The zero-order valence-electron chi connectivity index (χ0n) is 22.6. The van der Waals surface area contributed by atoms with Crippen LogP contribution in [0.4, 0.5) is 11.6 Å². The Kier molecular flexibility index (Phi) is 9.62. The Morgan fingerprint density at radius 3 is 2.63 bits per heavy atom. The van der Waals surface area contributed by atoms with Gasteiger partial charge in [0.1, 0.15) is 11.6 Å². The fraction of sp³-hybridized carbons (Fsp3) is 0.571. The van der Waals surface area contributed by atoms with Crippen LogP contribution in [0.1, 0.15) is 61.4 Å². The molecule has 1 aliphatic heterocycles. The number of hydrogen-bond acceptors (Lipinski definition) is 7. The molecule has 0 bridgehead atoms. The number of pyridine rings is 1. The smallest absolute Gasteiger partial charge is 0.251 e. The van der Waals surface area contributed by atoms with Crippen molar-refractivity contribution in [2.45, 2.75) is 57.5 Å². The first-order valence-electron chi connectivity index (χ1n) is 13.6. The lowest BCUT2D eigenvalue weighted by atomic mass is 9.84. The molecule has 3 unspecified atom stereocenters. The van der Waals surface area contributed by atoms with E-state index in [1.54, 1.807) is 20.1 Å². The van der Waals surface area contributed by atoms with Crippen molar-refractivity contribution in [2.24, 2.45) is 11.8 Å². The zero-order valence-corrected chi connectivity index (χ0v) is 23.4. The maximum atomic E-state index is 13.3. The highest BCUT2D eigenvalue weighted by Gasteiger charge is 2.39. The van der Waals surface area contributed by atoms with Crippen molar-refractivity contribution >= 4 is 27.6 Å². The summed E-state index contributed by atoms with van der Waals surface area (Å²) in [5.74, 6) is 1.67. The first-order chi connectivity index (χ1) is 18.3. The molecule has 38 heavy (non-hydrogen) atoms. The van der Waals surface area contributed by atoms with Gasteiger partial charge in [0.05, 0.1) is 5.75 Å². The number of hydrogen-bond donors (Lipinski definition) is 4. The number of methoxy groups -OCH3 is 1. The van der Waals surface area contributed by atoms with Gasteiger partial charge in [-0.2, -0.15) is 0 Å². The Hall–Kier alpha value is -2.69. The van der Waals surface area contributed by atoms with Gasteiger partial charge >= 0.3 is 0 Å². The highest BCUT2D eigenvalue weighted by Crippen LogP contribution is 2.42. The third-order valence-electron chi connectivity index (χ3n) is 7.68. The number of carbonyl (C=O) groups excluding carboxylic acids is 1. The number of aromatic nitrogens is 1. The van der Waals surface area contributed by atoms with Crippen LogP contribution in [0.15, 0.2) is 42.5 Å². The topological polar surface area (TPSA) is 121 Å². The van der Waals surface area contributed by atoms with E-state index in [9.17, 15) is 13.2 Å². The first-order valence-corrected chi connectivity index (χ1v) is 15.3. The van der Waals surface area contributed by atoms with Gasteiger partial charge in [-0.25, -0.2) is 13.4 Å². The first kappa shape index (κ1) is 28.3. The van der Waals surface area contributed by atoms with Gasteiger partial charge in [-0.15, -0.1) is 0 Å². The van der Waals surface area contributed by atoms with E-state index in [1.165, 1.54) is 11.6 Å². The van der Waals surface area contributed by atoms with Crippen LogP contribution in [-0.4, -0.2) is 64.0 Å². The number of amides is 1. The summed E-state index contributed by atoms with van der Waals surface area (Å²) in [7, 11) is -1.88. The van der Waals surface area contributed by atoms with Crippen molar-refractivity contribution in [1.29, 1.82) is 0 Å². The van der Waals surface area contributed by atoms with E-state index in [0.717, 1.165) is 32.2 Å². The van der Waals surface area contributed by atoms with Crippen LogP contribution < -0.4 is 20.7 Å². The average molecular weight is 544 g/mol. The molecule has 5 atom stereocenters. The molecule has 0 radical (unpaired) electrons. The van der Waals surface area contributed by atoms with Crippen LogP contribution >= 0.6 is 0 Å². The third kappa shape index (κ3) is 7.68. The van der Waals surface area contributed by atoms with Crippen molar-refractivity contribution in [1.82, 2.24) is 15.6 Å². The van der Waals surface area contributed by atoms with E-state index in [1.807, 2.05) is 18.2 Å². The van der Waals surface area contributed by atoms with Crippen molar-refractivity contribution in [3.8, 4) is 0 Å². The summed E-state index contributed by atoms with van der Waals surface area (Å²) < 4.78 is 32.4. The normalized spacial score (nSPS) is 23.9. The van der Waals surface area contributed by atoms with Gasteiger partial charge in [0.15, 0.2) is 0 Å². The SMILES string of the molecule is CCS(=O)(=O)Nc1cc(C(=O)NCC2NCCCC2c2ccccc2)cc(NC(CCOC)[C@H]2C[C@@H]2C)n1. The molecule has 0 spiro atoms. The standard InChI is InChI=1S/C28H41N5O4S/c1-4-38(35,36)33-27-17-21(16-26(32-27)31-24(12-14-37-3)23-15-19(23)2)28(34)30-18-25-22(11-8-13-29-25)20-9-6-5-7-10-20/h5-7,9-10,16-17,19,22-25,29H,4,8,11-15,18H2,1-3H3,(H,30,34)(H2,31,32,33)/t19-,22?,23-,24?,25?/m0/s1. The van der Waals surface area contributed by atoms with Gasteiger partial charge in [-0.3, -0.25) is 9.52 Å². The molecule has 1 saturated carbocycles. The number of nitrogens with one attached hydrogen (secondary N) is 4. The molecule has 10 heteroatoms. The second-order valence-corrected chi connectivity index (χ2v) is 12.5. The van der Waals surface area contributed by atoms with Crippen molar-refractivity contribution < 1.29 is 17.9 Å². The molecule has 4 rings (SSSR count). The van der Waals surface area contributed by atoms with E-state index in [-0.39, 0.29) is 29.6 Å². The maximum Gasteiger partial charge on any atom is 0.251 e. The quantitative estimate of drug-likeness (QED) is 0.305. The number of benzene rings is 1. The third-order valence-corrected chi connectivity index (χ3v) is 8.96. The van der Waals surface area contributed by atoms with Crippen LogP contribution in [-0.2, 0) is 14.8 Å². The van der Waals surface area contributed by atoms with Crippen LogP contribution in [0, 0.1) is 11.8 Å². The molecule has 1 saturated heterocycles. The number of piperidine rings is 1. The van der Waals surface area contributed by atoms with Gasteiger partial charge in [-0.1, -0.05) is 37.3 Å². The Labute approximate surface area is 226 Å². The number of ether oxygens (including phenoxy) is 1. The molecule has 2 aromatic rings. The Morgan fingerprint density at radius 1 is 1.21 bits per heavy atom. The molecule has 208 valence electrons. The monoisotopic (exact) mass is 543 g/mol. The van der Waals surface area contributed by atoms with Crippen LogP contribution in [0.25, 0.3) is 0 Å². The minimum atomic E-state index is -3.56. The fourth-order valence-electron chi connectivity index (χ4n) is 5.33. The summed E-state index contributed by atoms with van der Waals surface area (Å²) in [6, 6.07) is 13.8. The molecule has 1 aromatic carbocycles.